The van der Waals surface area contributed by atoms with Crippen molar-refractivity contribution in [1.82, 2.24) is 15.3 Å². The standard InChI is InChI=1S/C20H35N5S/c1-11-18(6)25(10)19(7)20(26-15(2)3)17(5)13-23-24(9)14-16(4)12-22-21-8/h11-13,17-18,22H,1-2,8,14H2,3-7,9-10H3/b16-12+,20-19+,23-13-. The van der Waals surface area contributed by atoms with Crippen LogP contribution in [0, 0.1) is 5.92 Å². The molecule has 26 heavy (non-hydrogen) atoms. The quantitative estimate of drug-likeness (QED) is 0.305. The minimum absolute atomic E-state index is 0.177. The van der Waals surface area contributed by atoms with Crippen molar-refractivity contribution in [2.24, 2.45) is 16.1 Å². The molecule has 6 heteroatoms. The molecule has 0 heterocycles. The summed E-state index contributed by atoms with van der Waals surface area (Å²) in [4.78, 5) is 4.54. The van der Waals surface area contributed by atoms with E-state index < -0.39 is 0 Å². The van der Waals surface area contributed by atoms with Crippen LogP contribution in [0.4, 0.5) is 0 Å². The second-order valence-corrected chi connectivity index (χ2v) is 7.83. The topological polar surface area (TPSA) is 43.2 Å². The highest BCUT2D eigenvalue weighted by Crippen LogP contribution is 2.33. The Hall–Kier alpha value is -1.95. The Labute approximate surface area is 164 Å². The van der Waals surface area contributed by atoms with Crippen LogP contribution in [0.3, 0.4) is 0 Å². The molecule has 0 bridgehead atoms. The Bertz CT molecular complexity index is 577. The first-order valence-corrected chi connectivity index (χ1v) is 9.47. The van der Waals surface area contributed by atoms with E-state index in [1.54, 1.807) is 11.8 Å². The van der Waals surface area contributed by atoms with Crippen LogP contribution >= 0.6 is 11.8 Å². The number of thioether (sulfide) groups is 1. The molecule has 0 saturated heterocycles. The maximum atomic E-state index is 4.58. The molecule has 0 amide bonds. The van der Waals surface area contributed by atoms with Crippen LogP contribution in [0.1, 0.15) is 34.6 Å². The minimum atomic E-state index is 0.177. The maximum absolute atomic E-state index is 4.58. The summed E-state index contributed by atoms with van der Waals surface area (Å²) in [5, 5.41) is 10.1. The van der Waals surface area contributed by atoms with E-state index in [0.717, 1.165) is 10.5 Å². The van der Waals surface area contributed by atoms with Gasteiger partial charge in [-0.05, 0) is 38.2 Å². The summed E-state index contributed by atoms with van der Waals surface area (Å²) in [5.41, 5.74) is 5.07. The molecule has 0 aliphatic rings. The zero-order valence-corrected chi connectivity index (χ0v) is 18.2. The molecule has 0 aromatic heterocycles. The Morgan fingerprint density at radius 3 is 2.35 bits per heavy atom. The van der Waals surface area contributed by atoms with Crippen molar-refractivity contribution >= 4 is 24.7 Å². The molecule has 0 aliphatic heterocycles. The van der Waals surface area contributed by atoms with E-state index in [1.165, 1.54) is 10.6 Å². The summed E-state index contributed by atoms with van der Waals surface area (Å²) in [6.07, 6.45) is 5.74. The van der Waals surface area contributed by atoms with Gasteiger partial charge in [-0.1, -0.05) is 31.3 Å². The van der Waals surface area contributed by atoms with Crippen LogP contribution in [0.15, 0.2) is 56.7 Å². The van der Waals surface area contributed by atoms with Crippen LogP contribution in [-0.4, -0.2) is 49.5 Å². The second-order valence-electron chi connectivity index (χ2n) is 6.49. The fourth-order valence-corrected chi connectivity index (χ4v) is 3.12. The van der Waals surface area contributed by atoms with Gasteiger partial charge in [-0.15, -0.1) is 6.58 Å². The van der Waals surface area contributed by atoms with Crippen molar-refractivity contribution in [3.05, 3.63) is 46.5 Å². The van der Waals surface area contributed by atoms with Crippen molar-refractivity contribution in [3.63, 3.8) is 0 Å². The number of nitrogens with one attached hydrogen (secondary N) is 1. The largest absolute Gasteiger partial charge is 0.371 e. The monoisotopic (exact) mass is 377 g/mol. The van der Waals surface area contributed by atoms with Gasteiger partial charge in [0.2, 0.25) is 0 Å². The van der Waals surface area contributed by atoms with Crippen molar-refractivity contribution in [2.75, 3.05) is 20.6 Å². The third-order valence-electron chi connectivity index (χ3n) is 3.90. The number of hydrogen-bond acceptors (Lipinski definition) is 6. The predicted molar refractivity (Wildman–Crippen MR) is 119 cm³/mol. The van der Waals surface area contributed by atoms with Gasteiger partial charge in [0.1, 0.15) is 0 Å². The molecule has 0 fully saturated rings. The van der Waals surface area contributed by atoms with Crippen LogP contribution in [0.5, 0.6) is 0 Å². The molecule has 2 unspecified atom stereocenters. The molecule has 146 valence electrons. The van der Waals surface area contributed by atoms with Gasteiger partial charge < -0.3 is 4.90 Å². The second kappa shape index (κ2) is 12.4. The zero-order chi connectivity index (χ0) is 20.3. The number of likely N-dealkylation sites (N-methyl/N-ethyl adjacent to an activating group) is 2. The number of hydrazone groups is 2. The van der Waals surface area contributed by atoms with E-state index in [2.05, 4.69) is 68.2 Å². The smallest absolute Gasteiger partial charge is 0.0581 e. The minimum Gasteiger partial charge on any atom is -0.371 e. The first kappa shape index (κ1) is 24.1. The lowest BCUT2D eigenvalue weighted by Crippen LogP contribution is -2.27. The summed E-state index contributed by atoms with van der Waals surface area (Å²) >= 11 is 1.71. The highest BCUT2D eigenvalue weighted by atomic mass is 32.2. The molecule has 1 N–H and O–H groups in total. The summed E-state index contributed by atoms with van der Waals surface area (Å²) in [5.74, 6) is 0.177. The van der Waals surface area contributed by atoms with E-state index in [4.69, 9.17) is 0 Å². The number of rotatable bonds is 12. The average molecular weight is 378 g/mol. The molecule has 0 radical (unpaired) electrons. The predicted octanol–water partition coefficient (Wildman–Crippen LogP) is 4.65. The first-order chi connectivity index (χ1) is 12.1. The van der Waals surface area contributed by atoms with Gasteiger partial charge in [-0.3, -0.25) is 10.4 Å². The molecule has 0 aromatic rings. The van der Waals surface area contributed by atoms with Crippen LogP contribution in [0.25, 0.3) is 0 Å². The summed E-state index contributed by atoms with van der Waals surface area (Å²) in [7, 11) is 4.04. The Balaban J connectivity index is 5.31. The number of hydrogen-bond donors (Lipinski definition) is 1. The van der Waals surface area contributed by atoms with Gasteiger partial charge in [0.05, 0.1) is 6.54 Å². The van der Waals surface area contributed by atoms with Gasteiger partial charge in [-0.25, -0.2) is 0 Å². The molecule has 0 saturated carbocycles. The molecule has 0 rings (SSSR count). The third-order valence-corrected chi connectivity index (χ3v) is 5.14. The van der Waals surface area contributed by atoms with Gasteiger partial charge >= 0.3 is 0 Å². The first-order valence-electron chi connectivity index (χ1n) is 8.65. The number of nitrogens with zero attached hydrogens (tertiary/aromatic N) is 4. The van der Waals surface area contributed by atoms with E-state index in [0.29, 0.717) is 6.54 Å². The van der Waals surface area contributed by atoms with E-state index in [9.17, 15) is 0 Å². The van der Waals surface area contributed by atoms with Crippen molar-refractivity contribution in [2.45, 2.75) is 40.7 Å². The molecule has 2 atom stereocenters. The van der Waals surface area contributed by atoms with E-state index in [-0.39, 0.29) is 12.0 Å². The molecule has 0 aromatic carbocycles. The van der Waals surface area contributed by atoms with Crippen LogP contribution in [-0.2, 0) is 0 Å². The number of allylic oxidation sites excluding steroid dienone is 3. The maximum Gasteiger partial charge on any atom is 0.0581 e. The van der Waals surface area contributed by atoms with Crippen LogP contribution in [0.2, 0.25) is 0 Å². The SMILES string of the molecule is C=CC(C)N(C)/C(C)=C(/SC(=C)C)C(C)/C=N\N(C)C/C(C)=C/NN=C. The van der Waals surface area contributed by atoms with Gasteiger partial charge in [0, 0.05) is 55.8 Å². The average Bonchev–Trinajstić information content (AvgIpc) is 2.60. The Morgan fingerprint density at radius 1 is 1.23 bits per heavy atom. The van der Waals surface area contributed by atoms with Crippen molar-refractivity contribution < 1.29 is 0 Å². The highest BCUT2D eigenvalue weighted by molar-refractivity contribution is 8.06. The zero-order valence-electron chi connectivity index (χ0n) is 17.4. The van der Waals surface area contributed by atoms with Crippen molar-refractivity contribution in [3.8, 4) is 0 Å². The third kappa shape index (κ3) is 8.94. The van der Waals surface area contributed by atoms with Gasteiger partial charge in [0.15, 0.2) is 0 Å². The summed E-state index contributed by atoms with van der Waals surface area (Å²) < 4.78 is 0. The van der Waals surface area contributed by atoms with E-state index >= 15 is 0 Å². The molecule has 5 nitrogen and oxygen atoms in total. The Morgan fingerprint density at radius 2 is 1.85 bits per heavy atom. The lowest BCUT2D eigenvalue weighted by molar-refractivity contribution is 0.370. The fourth-order valence-electron chi connectivity index (χ4n) is 2.21. The lowest BCUT2D eigenvalue weighted by Gasteiger charge is -2.29. The van der Waals surface area contributed by atoms with E-state index in [1.807, 2.05) is 44.4 Å². The van der Waals surface area contributed by atoms with Crippen LogP contribution < -0.4 is 5.43 Å². The fraction of sp³-hybridized carbons (Fsp3) is 0.500. The molecule has 0 spiro atoms. The molecular formula is C20H35N5S. The van der Waals surface area contributed by atoms with Crippen molar-refractivity contribution in [1.29, 1.82) is 0 Å². The summed E-state index contributed by atoms with van der Waals surface area (Å²) in [6, 6.07) is 0.265. The highest BCUT2D eigenvalue weighted by Gasteiger charge is 2.16. The Kier molecular flexibility index (Phi) is 11.5. The van der Waals surface area contributed by atoms with Gasteiger partial charge in [0.25, 0.3) is 0 Å². The normalized spacial score (nSPS) is 15.1. The molecular weight excluding hydrogens is 342 g/mol. The molecule has 0 aliphatic carbocycles. The lowest BCUT2D eigenvalue weighted by atomic mass is 10.1. The summed E-state index contributed by atoms with van der Waals surface area (Å²) in [6.45, 7) is 22.5. The van der Waals surface area contributed by atoms with Gasteiger partial charge in [-0.2, -0.15) is 10.2 Å².